The first-order chi connectivity index (χ1) is 8.02. The Bertz CT molecular complexity index is 306. The molecule has 2 N–H and O–H groups in total. The number of nitrogens with one attached hydrogen (secondary N) is 1. The van der Waals surface area contributed by atoms with E-state index < -0.39 is 11.5 Å². The highest BCUT2D eigenvalue weighted by Gasteiger charge is 2.36. The normalized spacial score (nSPS) is 12.1. The van der Waals surface area contributed by atoms with Gasteiger partial charge in [0, 0.05) is 13.1 Å². The molecule has 0 spiro atoms. The van der Waals surface area contributed by atoms with E-state index in [9.17, 15) is 9.59 Å². The number of likely N-dealkylation sites (N-methyl/N-ethyl adjacent to an activating group) is 1. The number of carbonyl (C=O) groups excluding carboxylic acids is 1. The molecular weight excluding hydrogens is 232 g/mol. The predicted octanol–water partition coefficient (Wildman–Crippen LogP) is 2.32. The molecule has 0 aliphatic carbocycles. The van der Waals surface area contributed by atoms with Crippen molar-refractivity contribution in [3.8, 4) is 0 Å². The van der Waals surface area contributed by atoms with Crippen molar-refractivity contribution in [3.63, 3.8) is 0 Å². The van der Waals surface area contributed by atoms with Crippen LogP contribution in [0.25, 0.3) is 0 Å². The van der Waals surface area contributed by atoms with Gasteiger partial charge in [-0.2, -0.15) is 0 Å². The van der Waals surface area contributed by atoms with Crippen LogP contribution >= 0.6 is 0 Å². The second-order valence-corrected chi connectivity index (χ2v) is 6.15. The first-order valence-corrected chi connectivity index (χ1v) is 6.31. The van der Waals surface area contributed by atoms with Crippen molar-refractivity contribution in [3.05, 3.63) is 0 Å². The molecule has 5 nitrogen and oxygen atoms in total. The summed E-state index contributed by atoms with van der Waals surface area (Å²) in [5, 5.41) is 11.9. The number of hydrogen-bond acceptors (Lipinski definition) is 2. The predicted molar refractivity (Wildman–Crippen MR) is 71.6 cm³/mol. The average Bonchev–Trinajstić information content (AvgIpc) is 2.15. The highest BCUT2D eigenvalue weighted by molar-refractivity contribution is 5.85. The molecule has 0 aliphatic heterocycles. The van der Waals surface area contributed by atoms with E-state index in [4.69, 9.17) is 5.11 Å². The fourth-order valence-corrected chi connectivity index (χ4v) is 1.55. The molecule has 18 heavy (non-hydrogen) atoms. The number of nitrogens with zero attached hydrogens (tertiary/aromatic N) is 1. The van der Waals surface area contributed by atoms with Crippen molar-refractivity contribution in [2.24, 2.45) is 5.41 Å². The van der Waals surface area contributed by atoms with Crippen LogP contribution in [0.2, 0.25) is 0 Å². The monoisotopic (exact) mass is 258 g/mol. The molecule has 0 radical (unpaired) electrons. The minimum absolute atomic E-state index is 0.145. The summed E-state index contributed by atoms with van der Waals surface area (Å²) < 4.78 is 0. The van der Waals surface area contributed by atoms with Gasteiger partial charge in [-0.15, -0.1) is 0 Å². The number of carboxylic acid groups (broad SMARTS) is 1. The van der Waals surface area contributed by atoms with Crippen molar-refractivity contribution < 1.29 is 14.7 Å². The van der Waals surface area contributed by atoms with Crippen LogP contribution in [0.1, 0.15) is 48.0 Å². The molecule has 2 amide bonds. The van der Waals surface area contributed by atoms with Crippen molar-refractivity contribution in [1.82, 2.24) is 10.2 Å². The molecule has 0 saturated heterocycles. The van der Waals surface area contributed by atoms with Gasteiger partial charge in [-0.1, -0.05) is 20.8 Å². The summed E-state index contributed by atoms with van der Waals surface area (Å²) in [4.78, 5) is 24.4. The van der Waals surface area contributed by atoms with Crippen LogP contribution < -0.4 is 5.32 Å². The standard InChI is InChI=1S/C13H26N2O3/c1-7-15(13(5,6)10(16)17)11(18)14-9-8-12(2,3)4/h7-9H2,1-6H3,(H,14,18)(H,16,17). The maximum absolute atomic E-state index is 12.0. The summed E-state index contributed by atoms with van der Waals surface area (Å²) in [6.07, 6.45) is 0.851. The third kappa shape index (κ3) is 4.94. The van der Waals surface area contributed by atoms with E-state index in [0.29, 0.717) is 13.1 Å². The zero-order chi connectivity index (χ0) is 14.6. The van der Waals surface area contributed by atoms with E-state index in [1.165, 1.54) is 18.7 Å². The number of carboxylic acids is 1. The summed E-state index contributed by atoms with van der Waals surface area (Å²) >= 11 is 0. The number of rotatable bonds is 5. The molecule has 0 rings (SSSR count). The molecule has 0 fully saturated rings. The lowest BCUT2D eigenvalue weighted by molar-refractivity contribution is -0.147. The minimum atomic E-state index is -1.19. The molecule has 0 aromatic heterocycles. The first kappa shape index (κ1) is 16.7. The van der Waals surface area contributed by atoms with Gasteiger partial charge in [0.15, 0.2) is 0 Å². The highest BCUT2D eigenvalue weighted by atomic mass is 16.4. The number of amides is 2. The third-order valence-corrected chi connectivity index (χ3v) is 2.91. The van der Waals surface area contributed by atoms with Gasteiger partial charge in [-0.25, -0.2) is 9.59 Å². The molecule has 5 heteroatoms. The highest BCUT2D eigenvalue weighted by Crippen LogP contribution is 2.18. The third-order valence-electron chi connectivity index (χ3n) is 2.91. The van der Waals surface area contributed by atoms with Gasteiger partial charge in [0.05, 0.1) is 0 Å². The molecule has 0 unspecified atom stereocenters. The molecule has 0 atom stereocenters. The number of carbonyl (C=O) groups is 2. The van der Waals surface area contributed by atoms with Gasteiger partial charge >= 0.3 is 12.0 Å². The Hall–Kier alpha value is -1.26. The van der Waals surface area contributed by atoms with Gasteiger partial charge in [0.2, 0.25) is 0 Å². The van der Waals surface area contributed by atoms with Crippen LogP contribution in [0.3, 0.4) is 0 Å². The minimum Gasteiger partial charge on any atom is -0.480 e. The van der Waals surface area contributed by atoms with Crippen molar-refractivity contribution in [2.45, 2.75) is 53.5 Å². The van der Waals surface area contributed by atoms with Crippen LogP contribution in [0.5, 0.6) is 0 Å². The lowest BCUT2D eigenvalue weighted by Crippen LogP contribution is -2.56. The van der Waals surface area contributed by atoms with Gasteiger partial charge in [0.25, 0.3) is 0 Å². The maximum atomic E-state index is 12.0. The zero-order valence-electron chi connectivity index (χ0n) is 12.3. The quantitative estimate of drug-likeness (QED) is 0.795. The molecule has 0 bridgehead atoms. The number of hydrogen-bond donors (Lipinski definition) is 2. The molecule has 0 aliphatic rings. The Morgan fingerprint density at radius 2 is 1.67 bits per heavy atom. The lowest BCUT2D eigenvalue weighted by Gasteiger charge is -2.34. The van der Waals surface area contributed by atoms with E-state index in [2.05, 4.69) is 26.1 Å². The van der Waals surface area contributed by atoms with Crippen LogP contribution in [0.4, 0.5) is 4.79 Å². The summed E-state index contributed by atoms with van der Waals surface area (Å²) in [6, 6.07) is -0.325. The van der Waals surface area contributed by atoms with Gasteiger partial charge < -0.3 is 15.3 Å². The molecule has 0 saturated carbocycles. The summed E-state index contributed by atoms with van der Waals surface area (Å²) in [5.41, 5.74) is -1.05. The Balaban J connectivity index is 4.51. The first-order valence-electron chi connectivity index (χ1n) is 6.31. The molecule has 0 aromatic rings. The molecule has 106 valence electrons. The van der Waals surface area contributed by atoms with E-state index in [1.807, 2.05) is 0 Å². The Kier molecular flexibility index (Phi) is 5.64. The van der Waals surface area contributed by atoms with Crippen LogP contribution in [-0.4, -0.2) is 40.6 Å². The fraction of sp³-hybridized carbons (Fsp3) is 0.846. The smallest absolute Gasteiger partial charge is 0.329 e. The fourth-order valence-electron chi connectivity index (χ4n) is 1.55. The van der Waals surface area contributed by atoms with Gasteiger partial charge in [-0.3, -0.25) is 0 Å². The Morgan fingerprint density at radius 3 is 2.00 bits per heavy atom. The SMILES string of the molecule is CCN(C(=O)NCCC(C)(C)C)C(C)(C)C(=O)O. The number of urea groups is 1. The van der Waals surface area contributed by atoms with Gasteiger partial charge in [-0.05, 0) is 32.6 Å². The van der Waals surface area contributed by atoms with E-state index >= 15 is 0 Å². The topological polar surface area (TPSA) is 69.6 Å². The summed E-state index contributed by atoms with van der Waals surface area (Å²) in [5.74, 6) is -1.00. The van der Waals surface area contributed by atoms with E-state index in [0.717, 1.165) is 6.42 Å². The largest absolute Gasteiger partial charge is 0.480 e. The van der Waals surface area contributed by atoms with Crippen molar-refractivity contribution in [1.29, 1.82) is 0 Å². The lowest BCUT2D eigenvalue weighted by atomic mass is 9.92. The van der Waals surface area contributed by atoms with Gasteiger partial charge in [0.1, 0.15) is 5.54 Å². The van der Waals surface area contributed by atoms with Crippen LogP contribution in [0.15, 0.2) is 0 Å². The second kappa shape index (κ2) is 6.07. The molecular formula is C13H26N2O3. The zero-order valence-corrected chi connectivity index (χ0v) is 12.3. The van der Waals surface area contributed by atoms with Crippen LogP contribution in [0, 0.1) is 5.41 Å². The summed E-state index contributed by atoms with van der Waals surface area (Å²) in [7, 11) is 0. The molecule has 0 aromatic carbocycles. The van der Waals surface area contributed by atoms with Crippen molar-refractivity contribution >= 4 is 12.0 Å². The number of aliphatic carboxylic acids is 1. The second-order valence-electron chi connectivity index (χ2n) is 6.15. The van der Waals surface area contributed by atoms with Crippen LogP contribution in [-0.2, 0) is 4.79 Å². The Labute approximate surface area is 110 Å². The average molecular weight is 258 g/mol. The van der Waals surface area contributed by atoms with E-state index in [1.54, 1.807) is 6.92 Å². The molecule has 0 heterocycles. The Morgan fingerprint density at radius 1 is 1.17 bits per heavy atom. The summed E-state index contributed by atoms with van der Waals surface area (Å²) in [6.45, 7) is 12.0. The van der Waals surface area contributed by atoms with Crippen molar-refractivity contribution in [2.75, 3.05) is 13.1 Å². The maximum Gasteiger partial charge on any atom is 0.329 e. The van der Waals surface area contributed by atoms with E-state index in [-0.39, 0.29) is 11.4 Å².